The van der Waals surface area contributed by atoms with Crippen LogP contribution in [0.4, 0.5) is 14.5 Å². The molecule has 0 heterocycles. The summed E-state index contributed by atoms with van der Waals surface area (Å²) in [6, 6.07) is 5.13. The van der Waals surface area contributed by atoms with Crippen LogP contribution in [0.2, 0.25) is 5.02 Å². The molecule has 0 saturated carbocycles. The molecule has 0 aromatic heterocycles. The minimum atomic E-state index is -2.86. The number of rotatable bonds is 7. The van der Waals surface area contributed by atoms with Crippen molar-refractivity contribution in [3.8, 4) is 5.75 Å². The van der Waals surface area contributed by atoms with Crippen molar-refractivity contribution in [2.45, 2.75) is 45.8 Å². The molecule has 1 aromatic carbocycles. The largest absolute Gasteiger partial charge is 0.433 e. The molecule has 0 radical (unpaired) electrons. The minimum Gasteiger partial charge on any atom is -0.433 e. The number of hydrogen-bond acceptors (Lipinski definition) is 2. The normalized spacial score (nSPS) is 12.6. The fourth-order valence-electron chi connectivity index (χ4n) is 1.74. The van der Waals surface area contributed by atoms with E-state index >= 15 is 0 Å². The lowest BCUT2D eigenvalue weighted by atomic mass is 10.1. The third kappa shape index (κ3) is 4.69. The summed E-state index contributed by atoms with van der Waals surface area (Å²) in [7, 11) is 0. The topological polar surface area (TPSA) is 21.3 Å². The molecule has 5 heteroatoms. The average Bonchev–Trinajstić information content (AvgIpc) is 2.31. The van der Waals surface area contributed by atoms with Gasteiger partial charge in [0.2, 0.25) is 0 Å². The zero-order chi connectivity index (χ0) is 13.5. The number of alkyl halides is 2. The number of benzene rings is 1. The first kappa shape index (κ1) is 15.0. The van der Waals surface area contributed by atoms with Crippen molar-refractivity contribution in [1.82, 2.24) is 0 Å². The molecular formula is C13H18ClF2NO. The molecule has 0 saturated heterocycles. The SMILES string of the molecule is CCCC(CC)Nc1ccc(OC(F)F)c(Cl)c1. The Morgan fingerprint density at radius 3 is 2.56 bits per heavy atom. The molecule has 1 atom stereocenters. The Balaban J connectivity index is 2.71. The molecule has 1 rings (SSSR count). The van der Waals surface area contributed by atoms with Crippen LogP contribution in [0.25, 0.3) is 0 Å². The smallest absolute Gasteiger partial charge is 0.387 e. The number of nitrogens with one attached hydrogen (secondary N) is 1. The van der Waals surface area contributed by atoms with Gasteiger partial charge >= 0.3 is 6.61 Å². The lowest BCUT2D eigenvalue weighted by Crippen LogP contribution is -2.17. The second-order valence-corrected chi connectivity index (χ2v) is 4.47. The molecule has 1 aromatic rings. The summed E-state index contributed by atoms with van der Waals surface area (Å²) >= 11 is 5.88. The van der Waals surface area contributed by atoms with Crippen LogP contribution in [0, 0.1) is 0 Å². The van der Waals surface area contributed by atoms with E-state index in [1.54, 1.807) is 12.1 Å². The predicted octanol–water partition coefficient (Wildman–Crippen LogP) is 4.93. The highest BCUT2D eigenvalue weighted by Gasteiger charge is 2.10. The Bertz CT molecular complexity index is 374. The standard InChI is InChI=1S/C13H18ClF2NO/c1-3-5-9(4-2)17-10-6-7-12(11(14)8-10)18-13(15)16/h6-9,13,17H,3-5H2,1-2H3. The Hall–Kier alpha value is -1.03. The highest BCUT2D eigenvalue weighted by Crippen LogP contribution is 2.29. The molecule has 0 amide bonds. The van der Waals surface area contributed by atoms with E-state index in [4.69, 9.17) is 11.6 Å². The zero-order valence-electron chi connectivity index (χ0n) is 10.6. The van der Waals surface area contributed by atoms with E-state index in [0.717, 1.165) is 24.9 Å². The number of halogens is 3. The Labute approximate surface area is 111 Å². The summed E-state index contributed by atoms with van der Waals surface area (Å²) in [5.74, 6) is 0.000701. The zero-order valence-corrected chi connectivity index (χ0v) is 11.3. The van der Waals surface area contributed by atoms with Gasteiger partial charge in [0.1, 0.15) is 5.75 Å². The second kappa shape index (κ2) is 7.41. The third-order valence-corrected chi connectivity index (χ3v) is 2.94. The number of hydrogen-bond donors (Lipinski definition) is 1. The van der Waals surface area contributed by atoms with Crippen LogP contribution in [0.1, 0.15) is 33.1 Å². The van der Waals surface area contributed by atoms with E-state index in [0.29, 0.717) is 6.04 Å². The molecular weight excluding hydrogens is 260 g/mol. The molecule has 18 heavy (non-hydrogen) atoms. The first-order valence-electron chi connectivity index (χ1n) is 6.07. The van der Waals surface area contributed by atoms with Crippen molar-refractivity contribution in [1.29, 1.82) is 0 Å². The summed E-state index contributed by atoms with van der Waals surface area (Å²) in [5.41, 5.74) is 0.821. The second-order valence-electron chi connectivity index (χ2n) is 4.06. The van der Waals surface area contributed by atoms with Crippen molar-refractivity contribution in [3.05, 3.63) is 23.2 Å². The maximum absolute atomic E-state index is 12.1. The van der Waals surface area contributed by atoms with Crippen LogP contribution < -0.4 is 10.1 Å². The minimum absolute atomic E-state index is 0.000701. The van der Waals surface area contributed by atoms with Gasteiger partial charge in [0.05, 0.1) is 5.02 Å². The quantitative estimate of drug-likeness (QED) is 0.763. The number of ether oxygens (including phenoxy) is 1. The van der Waals surface area contributed by atoms with Crippen molar-refractivity contribution in [2.24, 2.45) is 0 Å². The Morgan fingerprint density at radius 1 is 1.33 bits per heavy atom. The van der Waals surface area contributed by atoms with Gasteiger partial charge in [-0.3, -0.25) is 0 Å². The lowest BCUT2D eigenvalue weighted by molar-refractivity contribution is -0.0497. The summed E-state index contributed by atoms with van der Waals surface area (Å²) in [6.45, 7) is 1.37. The molecule has 0 aliphatic rings. The monoisotopic (exact) mass is 277 g/mol. The van der Waals surface area contributed by atoms with Crippen LogP contribution in [0.15, 0.2) is 18.2 Å². The van der Waals surface area contributed by atoms with Crippen LogP contribution >= 0.6 is 11.6 Å². The molecule has 2 nitrogen and oxygen atoms in total. The molecule has 0 aliphatic heterocycles. The van der Waals surface area contributed by atoms with Crippen LogP contribution in [0.5, 0.6) is 5.75 Å². The van der Waals surface area contributed by atoms with Crippen molar-refractivity contribution >= 4 is 17.3 Å². The highest BCUT2D eigenvalue weighted by molar-refractivity contribution is 6.32. The van der Waals surface area contributed by atoms with Gasteiger partial charge in [0, 0.05) is 11.7 Å². The van der Waals surface area contributed by atoms with Gasteiger partial charge in [0.25, 0.3) is 0 Å². The summed E-state index contributed by atoms with van der Waals surface area (Å²) in [6.07, 6.45) is 3.15. The van der Waals surface area contributed by atoms with Gasteiger partial charge < -0.3 is 10.1 Å². The van der Waals surface area contributed by atoms with E-state index in [1.807, 2.05) is 0 Å². The Morgan fingerprint density at radius 2 is 2.06 bits per heavy atom. The van der Waals surface area contributed by atoms with Crippen molar-refractivity contribution in [2.75, 3.05) is 5.32 Å². The van der Waals surface area contributed by atoms with Crippen LogP contribution in [-0.4, -0.2) is 12.7 Å². The fraction of sp³-hybridized carbons (Fsp3) is 0.538. The molecule has 1 N–H and O–H groups in total. The number of anilines is 1. The summed E-state index contributed by atoms with van der Waals surface area (Å²) in [5, 5.41) is 3.51. The molecule has 1 unspecified atom stereocenters. The molecule has 102 valence electrons. The van der Waals surface area contributed by atoms with Crippen LogP contribution in [-0.2, 0) is 0 Å². The first-order valence-corrected chi connectivity index (χ1v) is 6.45. The van der Waals surface area contributed by atoms with Crippen molar-refractivity contribution in [3.63, 3.8) is 0 Å². The van der Waals surface area contributed by atoms with Gasteiger partial charge in [-0.1, -0.05) is 31.9 Å². The summed E-state index contributed by atoms with van der Waals surface area (Å²) in [4.78, 5) is 0. The third-order valence-electron chi connectivity index (χ3n) is 2.65. The van der Waals surface area contributed by atoms with Crippen LogP contribution in [0.3, 0.4) is 0 Å². The summed E-state index contributed by atoms with van der Waals surface area (Å²) < 4.78 is 28.4. The average molecular weight is 278 g/mol. The molecule has 0 bridgehead atoms. The van der Waals surface area contributed by atoms with E-state index < -0.39 is 6.61 Å². The Kier molecular flexibility index (Phi) is 6.19. The maximum Gasteiger partial charge on any atom is 0.387 e. The highest BCUT2D eigenvalue weighted by atomic mass is 35.5. The van der Waals surface area contributed by atoms with Gasteiger partial charge in [-0.05, 0) is 31.0 Å². The van der Waals surface area contributed by atoms with Gasteiger partial charge in [-0.25, -0.2) is 0 Å². The van der Waals surface area contributed by atoms with Gasteiger partial charge in [-0.15, -0.1) is 0 Å². The lowest BCUT2D eigenvalue weighted by Gasteiger charge is -2.18. The molecule has 0 spiro atoms. The van der Waals surface area contributed by atoms with E-state index in [1.165, 1.54) is 6.07 Å². The van der Waals surface area contributed by atoms with Crippen molar-refractivity contribution < 1.29 is 13.5 Å². The predicted molar refractivity (Wildman–Crippen MR) is 70.7 cm³/mol. The van der Waals surface area contributed by atoms with Gasteiger partial charge in [0.15, 0.2) is 0 Å². The van der Waals surface area contributed by atoms with E-state index in [-0.39, 0.29) is 10.8 Å². The molecule has 0 aliphatic carbocycles. The first-order chi connectivity index (χ1) is 8.56. The fourth-order valence-corrected chi connectivity index (χ4v) is 1.97. The van der Waals surface area contributed by atoms with E-state index in [2.05, 4.69) is 23.9 Å². The van der Waals surface area contributed by atoms with Gasteiger partial charge in [-0.2, -0.15) is 8.78 Å². The molecule has 0 fully saturated rings. The van der Waals surface area contributed by atoms with E-state index in [9.17, 15) is 8.78 Å². The maximum atomic E-state index is 12.1.